The topological polar surface area (TPSA) is 13.1 Å². The molecule has 8 aromatic carbocycles. The summed E-state index contributed by atoms with van der Waals surface area (Å²) in [5.41, 5.74) is 13.1. The molecule has 1 heterocycles. The van der Waals surface area contributed by atoms with E-state index in [1.807, 2.05) is 12.2 Å². The Labute approximate surface area is 290 Å². The third-order valence-electron chi connectivity index (χ3n) is 10.5. The predicted molar refractivity (Wildman–Crippen MR) is 214 cm³/mol. The second kappa shape index (κ2) is 11.3. The summed E-state index contributed by atoms with van der Waals surface area (Å²) < 4.78 is 6.94. The average Bonchev–Trinajstić information content (AvgIpc) is 3.57. The van der Waals surface area contributed by atoms with E-state index in [1.165, 1.54) is 71.3 Å². The molecule has 0 saturated heterocycles. The van der Waals surface area contributed by atoms with Gasteiger partial charge >= 0.3 is 0 Å². The second-order valence-corrected chi connectivity index (χ2v) is 13.2. The molecule has 50 heavy (non-hydrogen) atoms. The molecule has 1 aliphatic rings. The second-order valence-electron chi connectivity index (χ2n) is 13.2. The van der Waals surface area contributed by atoms with Crippen molar-refractivity contribution in [3.63, 3.8) is 0 Å². The largest absolute Gasteiger partial charge is 0.455 e. The van der Waals surface area contributed by atoms with Crippen LogP contribution in [0.5, 0.6) is 0 Å². The van der Waals surface area contributed by atoms with Gasteiger partial charge in [0.05, 0.1) is 0 Å². The molecule has 1 nitrogen and oxygen atoms in total. The van der Waals surface area contributed by atoms with Gasteiger partial charge < -0.3 is 4.42 Å². The van der Waals surface area contributed by atoms with Crippen molar-refractivity contribution in [3.8, 4) is 33.4 Å². The molecular formula is C49H32O. The first-order valence-electron chi connectivity index (χ1n) is 17.3. The van der Waals surface area contributed by atoms with Crippen LogP contribution in [0, 0.1) is 0 Å². The Morgan fingerprint density at radius 2 is 1.02 bits per heavy atom. The van der Waals surface area contributed by atoms with E-state index < -0.39 is 0 Å². The molecule has 0 fully saturated rings. The third kappa shape index (κ3) is 4.34. The lowest BCUT2D eigenvalue weighted by Gasteiger charge is -2.23. The highest BCUT2D eigenvalue weighted by Crippen LogP contribution is 2.44. The maximum absolute atomic E-state index is 6.94. The normalized spacial score (nSPS) is 13.6. The van der Waals surface area contributed by atoms with Crippen LogP contribution in [0.2, 0.25) is 0 Å². The maximum Gasteiger partial charge on any atom is 0.143 e. The van der Waals surface area contributed by atoms with Crippen molar-refractivity contribution in [2.45, 2.75) is 6.42 Å². The van der Waals surface area contributed by atoms with Crippen molar-refractivity contribution in [1.29, 1.82) is 0 Å². The summed E-state index contributed by atoms with van der Waals surface area (Å²) in [5, 5.41) is 9.69. The molecule has 0 N–H and O–H groups in total. The first-order chi connectivity index (χ1) is 24.8. The van der Waals surface area contributed by atoms with Crippen LogP contribution in [0.15, 0.2) is 181 Å². The highest BCUT2D eigenvalue weighted by Gasteiger charge is 2.21. The summed E-state index contributed by atoms with van der Waals surface area (Å²) in [5.74, 6) is 0. The minimum Gasteiger partial charge on any atom is -0.455 e. The van der Waals surface area contributed by atoms with Crippen molar-refractivity contribution in [2.24, 2.45) is 0 Å². The summed E-state index contributed by atoms with van der Waals surface area (Å²) in [6.07, 6.45) is 9.01. The number of benzene rings is 8. The van der Waals surface area contributed by atoms with Gasteiger partial charge in [0.25, 0.3) is 0 Å². The van der Waals surface area contributed by atoms with E-state index in [-0.39, 0.29) is 0 Å². The Balaban J connectivity index is 1.08. The van der Waals surface area contributed by atoms with Crippen LogP contribution in [0.1, 0.15) is 11.1 Å². The Kier molecular flexibility index (Phi) is 6.47. The van der Waals surface area contributed by atoms with Crippen molar-refractivity contribution in [3.05, 3.63) is 188 Å². The van der Waals surface area contributed by atoms with Gasteiger partial charge in [-0.25, -0.2) is 0 Å². The standard InChI is InChI=1S/C49H32O/c1-2-3-4-12-34-30-35-29-33(25-26-37(35)39-14-6-5-13-36(34)39)31-21-23-32(24-22-31)38-19-11-20-45-46-28-27-44-42-17-8-7-15-40(42)41-16-9-10-18-43(41)47(44)49(46)50-48(38)45/h2-29H,1,30H2/b4-3-,34-12+. The van der Waals surface area contributed by atoms with Crippen molar-refractivity contribution in [1.82, 2.24) is 0 Å². The van der Waals surface area contributed by atoms with Crippen LogP contribution >= 0.6 is 0 Å². The summed E-state index contributed by atoms with van der Waals surface area (Å²) in [6, 6.07) is 53.1. The summed E-state index contributed by atoms with van der Waals surface area (Å²) in [4.78, 5) is 0. The summed E-state index contributed by atoms with van der Waals surface area (Å²) >= 11 is 0. The van der Waals surface area contributed by atoms with E-state index in [2.05, 4.69) is 164 Å². The van der Waals surface area contributed by atoms with Crippen molar-refractivity contribution in [2.75, 3.05) is 0 Å². The monoisotopic (exact) mass is 636 g/mol. The van der Waals surface area contributed by atoms with Crippen LogP contribution < -0.4 is 0 Å². The number of fused-ring (bicyclic) bond motifs is 13. The smallest absolute Gasteiger partial charge is 0.143 e. The number of para-hydroxylation sites is 1. The molecule has 0 atom stereocenters. The summed E-state index contributed by atoms with van der Waals surface area (Å²) in [6.45, 7) is 3.83. The van der Waals surface area contributed by atoms with Crippen LogP contribution in [0.3, 0.4) is 0 Å². The Morgan fingerprint density at radius 3 is 1.80 bits per heavy atom. The zero-order valence-electron chi connectivity index (χ0n) is 27.5. The minimum atomic E-state index is 0.896. The Bertz CT molecular complexity index is 2860. The first-order valence-corrected chi connectivity index (χ1v) is 17.3. The lowest BCUT2D eigenvalue weighted by Crippen LogP contribution is -2.03. The van der Waals surface area contributed by atoms with Gasteiger partial charge in [-0.3, -0.25) is 0 Å². The molecule has 0 bridgehead atoms. The van der Waals surface area contributed by atoms with Gasteiger partial charge in [-0.2, -0.15) is 0 Å². The van der Waals surface area contributed by atoms with Gasteiger partial charge in [-0.05, 0) is 83.9 Å². The van der Waals surface area contributed by atoms with Gasteiger partial charge in [-0.1, -0.05) is 170 Å². The number of hydrogen-bond acceptors (Lipinski definition) is 1. The minimum absolute atomic E-state index is 0.896. The molecule has 1 heteroatoms. The molecule has 9 aromatic rings. The fourth-order valence-electron chi connectivity index (χ4n) is 8.19. The molecule has 1 aliphatic carbocycles. The van der Waals surface area contributed by atoms with Gasteiger partial charge in [0, 0.05) is 21.7 Å². The van der Waals surface area contributed by atoms with Crippen molar-refractivity contribution < 1.29 is 4.42 Å². The quantitative estimate of drug-likeness (QED) is 0.138. The SMILES string of the molecule is C=C/C=C\C=C1/Cc2cc(-c3ccc(-c4cccc5c4oc4c5ccc5c6ccccc6c6ccccc6c54)cc3)ccc2-c2ccccc21. The molecule has 0 unspecified atom stereocenters. The van der Waals surface area contributed by atoms with Crippen molar-refractivity contribution >= 4 is 59.8 Å². The highest BCUT2D eigenvalue weighted by atomic mass is 16.3. The van der Waals surface area contributed by atoms with Gasteiger partial charge in [-0.15, -0.1) is 0 Å². The molecule has 10 rings (SSSR count). The van der Waals surface area contributed by atoms with Crippen LogP contribution in [0.25, 0.3) is 93.2 Å². The molecule has 0 spiro atoms. The average molecular weight is 637 g/mol. The van der Waals surface area contributed by atoms with Crippen LogP contribution in [-0.4, -0.2) is 0 Å². The lowest BCUT2D eigenvalue weighted by molar-refractivity contribution is 0.674. The third-order valence-corrected chi connectivity index (χ3v) is 10.5. The zero-order chi connectivity index (χ0) is 33.2. The maximum atomic E-state index is 6.94. The number of hydrogen-bond donors (Lipinski definition) is 0. The molecule has 0 aliphatic heterocycles. The van der Waals surface area contributed by atoms with E-state index in [4.69, 9.17) is 4.42 Å². The number of rotatable bonds is 4. The number of furan rings is 1. The fourth-order valence-corrected chi connectivity index (χ4v) is 8.19. The van der Waals surface area contributed by atoms with E-state index >= 15 is 0 Å². The predicted octanol–water partition coefficient (Wildman–Crippen LogP) is 13.7. The van der Waals surface area contributed by atoms with E-state index in [1.54, 1.807) is 0 Å². The van der Waals surface area contributed by atoms with Gasteiger partial charge in [0.1, 0.15) is 11.2 Å². The van der Waals surface area contributed by atoms with E-state index in [0.717, 1.165) is 39.5 Å². The van der Waals surface area contributed by atoms with Crippen LogP contribution in [0.4, 0.5) is 0 Å². The molecular weight excluding hydrogens is 605 g/mol. The highest BCUT2D eigenvalue weighted by molar-refractivity contribution is 6.32. The zero-order valence-corrected chi connectivity index (χ0v) is 27.5. The molecule has 0 amide bonds. The van der Waals surface area contributed by atoms with E-state index in [9.17, 15) is 0 Å². The van der Waals surface area contributed by atoms with Gasteiger partial charge in [0.15, 0.2) is 0 Å². The molecule has 0 radical (unpaired) electrons. The molecule has 0 saturated carbocycles. The first kappa shape index (κ1) is 28.6. The Morgan fingerprint density at radius 1 is 0.440 bits per heavy atom. The molecule has 1 aromatic heterocycles. The van der Waals surface area contributed by atoms with E-state index in [0.29, 0.717) is 0 Å². The molecule has 234 valence electrons. The van der Waals surface area contributed by atoms with Crippen LogP contribution in [-0.2, 0) is 6.42 Å². The summed E-state index contributed by atoms with van der Waals surface area (Å²) in [7, 11) is 0. The number of allylic oxidation sites excluding steroid dienone is 5. The fraction of sp³-hybridized carbons (Fsp3) is 0.0204. The lowest BCUT2D eigenvalue weighted by atomic mass is 9.81. The Hall–Kier alpha value is -6.44. The van der Waals surface area contributed by atoms with Gasteiger partial charge in [0.2, 0.25) is 0 Å².